The van der Waals surface area contributed by atoms with Gasteiger partial charge in [-0.2, -0.15) is 8.42 Å². The highest BCUT2D eigenvalue weighted by molar-refractivity contribution is 7.86. The molecule has 0 spiro atoms. The fourth-order valence-electron chi connectivity index (χ4n) is 2.91. The van der Waals surface area contributed by atoms with Crippen molar-refractivity contribution in [3.8, 4) is 0 Å². The summed E-state index contributed by atoms with van der Waals surface area (Å²) in [6, 6.07) is 0. The first-order chi connectivity index (χ1) is 9.96. The molecule has 0 aromatic rings. The zero-order chi connectivity index (χ0) is 16.8. The minimum atomic E-state index is -3.73. The van der Waals surface area contributed by atoms with Crippen LogP contribution in [0.25, 0.3) is 0 Å². The Labute approximate surface area is 135 Å². The molecule has 0 aromatic carbocycles. The van der Waals surface area contributed by atoms with Crippen molar-refractivity contribution in [1.82, 2.24) is 0 Å². The Morgan fingerprint density at radius 3 is 2.50 bits per heavy atom. The third-order valence-corrected chi connectivity index (χ3v) is 4.64. The summed E-state index contributed by atoms with van der Waals surface area (Å²) in [5.74, 6) is -1.50. The van der Waals surface area contributed by atoms with Crippen LogP contribution in [0.1, 0.15) is 33.6 Å². The summed E-state index contributed by atoms with van der Waals surface area (Å²) in [4.78, 5) is 10.7. The van der Waals surface area contributed by atoms with Gasteiger partial charge in [-0.3, -0.25) is 8.98 Å². The van der Waals surface area contributed by atoms with Gasteiger partial charge in [0.15, 0.2) is 5.79 Å². The summed E-state index contributed by atoms with van der Waals surface area (Å²) in [5, 5.41) is 0. The van der Waals surface area contributed by atoms with Gasteiger partial charge < -0.3 is 14.2 Å². The SMILES string of the molecule is CCOC(=O)C1(Cl)CC2OC(C)(C)OC2C(OS(C)(=O)=O)C1. The third kappa shape index (κ3) is 3.91. The van der Waals surface area contributed by atoms with Gasteiger partial charge in [-0.1, -0.05) is 0 Å². The van der Waals surface area contributed by atoms with E-state index in [-0.39, 0.29) is 19.4 Å². The van der Waals surface area contributed by atoms with Crippen LogP contribution in [0.5, 0.6) is 0 Å². The number of fused-ring (bicyclic) bond motifs is 1. The third-order valence-electron chi connectivity index (χ3n) is 3.58. The molecule has 2 fully saturated rings. The van der Waals surface area contributed by atoms with Crippen molar-refractivity contribution in [2.75, 3.05) is 12.9 Å². The second-order valence-corrected chi connectivity index (χ2v) is 8.40. The van der Waals surface area contributed by atoms with Crippen molar-refractivity contribution >= 4 is 27.7 Å². The molecule has 9 heteroatoms. The van der Waals surface area contributed by atoms with Crippen molar-refractivity contribution in [3.05, 3.63) is 0 Å². The Kier molecular flexibility index (Phi) is 4.81. The van der Waals surface area contributed by atoms with Gasteiger partial charge in [0.05, 0.1) is 19.0 Å². The van der Waals surface area contributed by atoms with Crippen LogP contribution >= 0.6 is 11.6 Å². The van der Waals surface area contributed by atoms with E-state index < -0.39 is 45.1 Å². The van der Waals surface area contributed by atoms with Gasteiger partial charge >= 0.3 is 5.97 Å². The predicted molar refractivity (Wildman–Crippen MR) is 78.0 cm³/mol. The predicted octanol–water partition coefficient (Wildman–Crippen LogP) is 1.19. The van der Waals surface area contributed by atoms with Crippen LogP contribution in [0.2, 0.25) is 0 Å². The van der Waals surface area contributed by atoms with Gasteiger partial charge in [-0.15, -0.1) is 11.6 Å². The zero-order valence-corrected chi connectivity index (χ0v) is 14.6. The number of rotatable bonds is 4. The van der Waals surface area contributed by atoms with Crippen molar-refractivity contribution in [2.45, 2.75) is 62.6 Å². The van der Waals surface area contributed by atoms with E-state index in [1.54, 1.807) is 20.8 Å². The van der Waals surface area contributed by atoms with E-state index >= 15 is 0 Å². The Bertz CT molecular complexity index is 547. The van der Waals surface area contributed by atoms with Crippen LogP contribution in [0.15, 0.2) is 0 Å². The summed E-state index contributed by atoms with van der Waals surface area (Å²) < 4.78 is 44.5. The molecule has 128 valence electrons. The molecule has 1 aliphatic carbocycles. The molecule has 1 heterocycles. The van der Waals surface area contributed by atoms with E-state index in [0.717, 1.165) is 6.26 Å². The monoisotopic (exact) mass is 356 g/mol. The minimum Gasteiger partial charge on any atom is -0.465 e. The molecule has 4 unspecified atom stereocenters. The van der Waals surface area contributed by atoms with E-state index in [1.165, 1.54) is 0 Å². The maximum absolute atomic E-state index is 12.1. The Morgan fingerprint density at radius 1 is 1.32 bits per heavy atom. The molecule has 2 aliphatic rings. The van der Waals surface area contributed by atoms with Crippen molar-refractivity contribution in [3.63, 3.8) is 0 Å². The highest BCUT2D eigenvalue weighted by Crippen LogP contribution is 2.45. The van der Waals surface area contributed by atoms with Gasteiger partial charge in [0.1, 0.15) is 17.1 Å². The first kappa shape index (κ1) is 17.9. The first-order valence-corrected chi connectivity index (χ1v) is 9.25. The van der Waals surface area contributed by atoms with Crippen molar-refractivity contribution < 1.29 is 31.6 Å². The van der Waals surface area contributed by atoms with E-state index in [1.807, 2.05) is 0 Å². The van der Waals surface area contributed by atoms with Crippen LogP contribution in [-0.2, 0) is 33.3 Å². The van der Waals surface area contributed by atoms with Crippen molar-refractivity contribution in [2.24, 2.45) is 0 Å². The Hall–Kier alpha value is -0.410. The number of esters is 1. The first-order valence-electron chi connectivity index (χ1n) is 7.06. The smallest absolute Gasteiger partial charge is 0.327 e. The molecular formula is C13H21ClO7S. The summed E-state index contributed by atoms with van der Waals surface area (Å²) in [7, 11) is -3.73. The fraction of sp³-hybridized carbons (Fsp3) is 0.923. The quantitative estimate of drug-likeness (QED) is 0.424. The number of halogens is 1. The highest BCUT2D eigenvalue weighted by Gasteiger charge is 2.58. The van der Waals surface area contributed by atoms with E-state index in [4.69, 9.17) is 30.0 Å². The molecule has 0 N–H and O–H groups in total. The minimum absolute atomic E-state index is 0.0267. The lowest BCUT2D eigenvalue weighted by Crippen LogP contribution is -2.54. The fourth-order valence-corrected chi connectivity index (χ4v) is 3.90. The number of alkyl halides is 1. The average Bonchev–Trinajstić information content (AvgIpc) is 2.61. The molecule has 0 radical (unpaired) electrons. The second kappa shape index (κ2) is 5.90. The standard InChI is InChI=1S/C13H21ClO7S/c1-5-18-11(15)13(14)6-8-10(20-12(2,3)19-8)9(7-13)21-22(4,16)17/h8-10H,5-7H2,1-4H3. The van der Waals surface area contributed by atoms with Gasteiger partial charge in [-0.25, -0.2) is 0 Å². The highest BCUT2D eigenvalue weighted by atomic mass is 35.5. The van der Waals surface area contributed by atoms with Gasteiger partial charge in [-0.05, 0) is 20.8 Å². The number of carbonyl (C=O) groups excluding carboxylic acids is 1. The van der Waals surface area contributed by atoms with Crippen LogP contribution in [0, 0.1) is 0 Å². The van der Waals surface area contributed by atoms with Crippen LogP contribution in [0.4, 0.5) is 0 Å². The second-order valence-electron chi connectivity index (χ2n) is 6.07. The Balaban J connectivity index is 2.28. The number of hydrogen-bond acceptors (Lipinski definition) is 7. The molecule has 4 atom stereocenters. The molecule has 0 bridgehead atoms. The van der Waals surface area contributed by atoms with Crippen LogP contribution in [0.3, 0.4) is 0 Å². The molecule has 1 saturated heterocycles. The number of carbonyl (C=O) groups is 1. The maximum atomic E-state index is 12.1. The van der Waals surface area contributed by atoms with E-state index in [2.05, 4.69) is 0 Å². The zero-order valence-electron chi connectivity index (χ0n) is 13.0. The molecular weight excluding hydrogens is 336 g/mol. The summed E-state index contributed by atoms with van der Waals surface area (Å²) in [6.07, 6.45) is -0.967. The normalized spacial score (nSPS) is 37.6. The molecule has 0 amide bonds. The molecule has 0 aromatic heterocycles. The summed E-state index contributed by atoms with van der Waals surface area (Å²) in [5.41, 5.74) is 0. The van der Waals surface area contributed by atoms with Crippen LogP contribution in [-0.4, -0.2) is 56.2 Å². The summed E-state index contributed by atoms with van der Waals surface area (Å²) in [6.45, 7) is 5.28. The Morgan fingerprint density at radius 2 is 1.95 bits per heavy atom. The molecule has 1 saturated carbocycles. The molecule has 22 heavy (non-hydrogen) atoms. The lowest BCUT2D eigenvalue weighted by Gasteiger charge is -2.38. The topological polar surface area (TPSA) is 88.1 Å². The van der Waals surface area contributed by atoms with E-state index in [9.17, 15) is 13.2 Å². The average molecular weight is 357 g/mol. The molecule has 7 nitrogen and oxygen atoms in total. The van der Waals surface area contributed by atoms with Gasteiger partial charge in [0, 0.05) is 12.8 Å². The molecule has 2 rings (SSSR count). The van der Waals surface area contributed by atoms with Gasteiger partial charge in [0.25, 0.3) is 10.1 Å². The number of hydrogen-bond donors (Lipinski definition) is 0. The van der Waals surface area contributed by atoms with Crippen molar-refractivity contribution in [1.29, 1.82) is 0 Å². The lowest BCUT2D eigenvalue weighted by molar-refractivity contribution is -0.151. The van der Waals surface area contributed by atoms with E-state index in [0.29, 0.717) is 0 Å². The summed E-state index contributed by atoms with van der Waals surface area (Å²) >= 11 is 6.40. The number of ether oxygens (including phenoxy) is 3. The van der Waals surface area contributed by atoms with Crippen LogP contribution < -0.4 is 0 Å². The molecule has 1 aliphatic heterocycles. The lowest BCUT2D eigenvalue weighted by atomic mass is 9.82. The maximum Gasteiger partial charge on any atom is 0.327 e. The van der Waals surface area contributed by atoms with Gasteiger partial charge in [0.2, 0.25) is 0 Å². The largest absolute Gasteiger partial charge is 0.465 e.